The van der Waals surface area contributed by atoms with Crippen LogP contribution < -0.4 is 5.32 Å². The van der Waals surface area contributed by atoms with E-state index in [1.165, 1.54) is 19.3 Å². The van der Waals surface area contributed by atoms with Crippen LogP contribution in [0.25, 0.3) is 0 Å². The quantitative estimate of drug-likeness (QED) is 0.864. The standard InChI is InChI=1S/C18H34N2O3/c1-18(2,3)23-17(21)20-12-8-7-9-14(13-20)19-15-10-5-6-11-16(15)22-4/h14-16,19H,5-13H2,1-4H3. The van der Waals surface area contributed by atoms with Gasteiger partial charge in [-0.25, -0.2) is 4.79 Å². The van der Waals surface area contributed by atoms with Crippen LogP contribution in [0.3, 0.4) is 0 Å². The molecule has 5 nitrogen and oxygen atoms in total. The summed E-state index contributed by atoms with van der Waals surface area (Å²) in [6.07, 6.45) is 8.27. The van der Waals surface area contributed by atoms with Crippen molar-refractivity contribution in [2.24, 2.45) is 0 Å². The zero-order valence-corrected chi connectivity index (χ0v) is 15.3. The number of likely N-dealkylation sites (tertiary alicyclic amines) is 1. The third-order valence-electron chi connectivity index (χ3n) is 4.78. The molecule has 1 aliphatic carbocycles. The molecular formula is C18H34N2O3. The molecule has 0 radical (unpaired) electrons. The van der Waals surface area contributed by atoms with Crippen LogP contribution in [0.1, 0.15) is 65.7 Å². The maximum atomic E-state index is 12.4. The Bertz CT molecular complexity index is 381. The van der Waals surface area contributed by atoms with E-state index in [1.54, 1.807) is 0 Å². The van der Waals surface area contributed by atoms with Crippen molar-refractivity contribution in [2.45, 2.75) is 89.5 Å². The van der Waals surface area contributed by atoms with Gasteiger partial charge >= 0.3 is 6.09 Å². The highest BCUT2D eigenvalue weighted by molar-refractivity contribution is 5.68. The fraction of sp³-hybridized carbons (Fsp3) is 0.944. The molecule has 3 atom stereocenters. The van der Waals surface area contributed by atoms with Crippen LogP contribution in [0.2, 0.25) is 0 Å². The van der Waals surface area contributed by atoms with Crippen molar-refractivity contribution in [3.8, 4) is 0 Å². The molecule has 5 heteroatoms. The molecule has 0 spiro atoms. The third-order valence-corrected chi connectivity index (χ3v) is 4.78. The number of carbonyl (C=O) groups is 1. The van der Waals surface area contributed by atoms with Crippen molar-refractivity contribution in [2.75, 3.05) is 20.2 Å². The predicted molar refractivity (Wildman–Crippen MR) is 91.6 cm³/mol. The van der Waals surface area contributed by atoms with Crippen LogP contribution in [-0.4, -0.2) is 55.0 Å². The van der Waals surface area contributed by atoms with Gasteiger partial charge in [0, 0.05) is 32.3 Å². The Kier molecular flexibility index (Phi) is 6.72. The van der Waals surface area contributed by atoms with E-state index in [-0.39, 0.29) is 6.09 Å². The summed E-state index contributed by atoms with van der Waals surface area (Å²) in [5, 5.41) is 3.77. The number of nitrogens with zero attached hydrogens (tertiary/aromatic N) is 1. The van der Waals surface area contributed by atoms with Gasteiger partial charge in [-0.2, -0.15) is 0 Å². The number of methoxy groups -OCH3 is 1. The van der Waals surface area contributed by atoms with E-state index >= 15 is 0 Å². The Morgan fingerprint density at radius 2 is 1.78 bits per heavy atom. The Balaban J connectivity index is 1.92. The summed E-state index contributed by atoms with van der Waals surface area (Å²) >= 11 is 0. The van der Waals surface area contributed by atoms with E-state index in [1.807, 2.05) is 32.8 Å². The fourth-order valence-corrected chi connectivity index (χ4v) is 3.64. The van der Waals surface area contributed by atoms with Crippen LogP contribution in [0.5, 0.6) is 0 Å². The Morgan fingerprint density at radius 1 is 1.09 bits per heavy atom. The number of rotatable bonds is 3. The minimum absolute atomic E-state index is 0.182. The summed E-state index contributed by atoms with van der Waals surface area (Å²) in [6, 6.07) is 0.753. The predicted octanol–water partition coefficient (Wildman–Crippen LogP) is 3.32. The molecular weight excluding hydrogens is 292 g/mol. The minimum atomic E-state index is -0.434. The monoisotopic (exact) mass is 326 g/mol. The molecule has 0 aromatic rings. The van der Waals surface area contributed by atoms with Crippen LogP contribution in [0.15, 0.2) is 0 Å². The Morgan fingerprint density at radius 3 is 2.48 bits per heavy atom. The number of nitrogens with one attached hydrogen (secondary N) is 1. The highest BCUT2D eigenvalue weighted by Crippen LogP contribution is 2.23. The van der Waals surface area contributed by atoms with E-state index in [2.05, 4.69) is 5.32 Å². The van der Waals surface area contributed by atoms with Gasteiger partial charge in [0.05, 0.1) is 6.10 Å². The van der Waals surface area contributed by atoms with Crippen LogP contribution >= 0.6 is 0 Å². The smallest absolute Gasteiger partial charge is 0.410 e. The maximum absolute atomic E-state index is 12.4. The number of hydrogen-bond acceptors (Lipinski definition) is 4. The van der Waals surface area contributed by atoms with E-state index in [4.69, 9.17) is 9.47 Å². The highest BCUT2D eigenvalue weighted by atomic mass is 16.6. The molecule has 0 aromatic heterocycles. The first-order valence-electron chi connectivity index (χ1n) is 9.16. The first-order valence-corrected chi connectivity index (χ1v) is 9.16. The molecule has 3 unspecified atom stereocenters. The lowest BCUT2D eigenvalue weighted by Crippen LogP contribution is -2.52. The zero-order chi connectivity index (χ0) is 16.9. The van der Waals surface area contributed by atoms with E-state index in [0.29, 0.717) is 18.2 Å². The molecule has 2 rings (SSSR count). The Hall–Kier alpha value is -0.810. The molecule has 1 aliphatic heterocycles. The highest BCUT2D eigenvalue weighted by Gasteiger charge is 2.30. The fourth-order valence-electron chi connectivity index (χ4n) is 3.64. The molecule has 1 N–H and O–H groups in total. The normalized spacial score (nSPS) is 29.9. The largest absolute Gasteiger partial charge is 0.444 e. The number of hydrogen-bond donors (Lipinski definition) is 1. The third kappa shape index (κ3) is 5.96. The van der Waals surface area contributed by atoms with Gasteiger partial charge in [0.2, 0.25) is 0 Å². The van der Waals surface area contributed by atoms with E-state index in [9.17, 15) is 4.79 Å². The molecule has 1 heterocycles. The molecule has 0 bridgehead atoms. The Labute approximate surface area is 141 Å². The van der Waals surface area contributed by atoms with Gasteiger partial charge in [0.25, 0.3) is 0 Å². The molecule has 1 saturated heterocycles. The van der Waals surface area contributed by atoms with Crippen molar-refractivity contribution >= 4 is 6.09 Å². The van der Waals surface area contributed by atoms with Gasteiger partial charge in [0.1, 0.15) is 5.60 Å². The number of ether oxygens (including phenoxy) is 2. The average molecular weight is 326 g/mol. The van der Waals surface area contributed by atoms with E-state index < -0.39 is 5.60 Å². The number of carbonyl (C=O) groups excluding carboxylic acids is 1. The molecule has 2 aliphatic rings. The summed E-state index contributed by atoms with van der Waals surface area (Å²) in [7, 11) is 1.81. The molecule has 1 saturated carbocycles. The van der Waals surface area contributed by atoms with Crippen LogP contribution in [0.4, 0.5) is 4.79 Å². The lowest BCUT2D eigenvalue weighted by molar-refractivity contribution is 0.0201. The van der Waals surface area contributed by atoms with Crippen molar-refractivity contribution in [3.05, 3.63) is 0 Å². The first-order chi connectivity index (χ1) is 10.9. The molecule has 134 valence electrons. The summed E-state index contributed by atoms with van der Waals surface area (Å²) in [4.78, 5) is 14.3. The van der Waals surface area contributed by atoms with Gasteiger partial charge in [-0.1, -0.05) is 19.3 Å². The van der Waals surface area contributed by atoms with Crippen molar-refractivity contribution in [3.63, 3.8) is 0 Å². The van der Waals surface area contributed by atoms with Crippen LogP contribution in [0, 0.1) is 0 Å². The molecule has 0 aromatic carbocycles. The summed E-state index contributed by atoms with van der Waals surface area (Å²) < 4.78 is 11.2. The second-order valence-electron chi connectivity index (χ2n) is 7.95. The van der Waals surface area contributed by atoms with Crippen molar-refractivity contribution in [1.29, 1.82) is 0 Å². The lowest BCUT2D eigenvalue weighted by Gasteiger charge is -2.35. The average Bonchev–Trinajstić information content (AvgIpc) is 2.72. The van der Waals surface area contributed by atoms with Gasteiger partial charge < -0.3 is 19.7 Å². The van der Waals surface area contributed by atoms with Gasteiger partial charge in [0.15, 0.2) is 0 Å². The SMILES string of the molecule is COC1CCCCC1NC1CCCCN(C(=O)OC(C)(C)C)C1. The van der Waals surface area contributed by atoms with Crippen LogP contribution in [-0.2, 0) is 9.47 Å². The van der Waals surface area contributed by atoms with E-state index in [0.717, 1.165) is 38.8 Å². The molecule has 1 amide bonds. The maximum Gasteiger partial charge on any atom is 0.410 e. The summed E-state index contributed by atoms with van der Waals surface area (Å²) in [5.41, 5.74) is -0.434. The van der Waals surface area contributed by atoms with Gasteiger partial charge in [-0.15, -0.1) is 0 Å². The summed E-state index contributed by atoms with van der Waals surface area (Å²) in [5.74, 6) is 0. The zero-order valence-electron chi connectivity index (χ0n) is 15.3. The first kappa shape index (κ1) is 18.5. The lowest BCUT2D eigenvalue weighted by atomic mass is 9.91. The van der Waals surface area contributed by atoms with Crippen molar-refractivity contribution in [1.82, 2.24) is 10.2 Å². The second kappa shape index (κ2) is 8.34. The molecule has 2 fully saturated rings. The minimum Gasteiger partial charge on any atom is -0.444 e. The van der Waals surface area contributed by atoms with Gasteiger partial charge in [-0.05, 0) is 46.5 Å². The second-order valence-corrected chi connectivity index (χ2v) is 7.95. The molecule has 23 heavy (non-hydrogen) atoms. The van der Waals surface area contributed by atoms with Crippen molar-refractivity contribution < 1.29 is 14.3 Å². The summed E-state index contributed by atoms with van der Waals surface area (Å²) in [6.45, 7) is 7.30. The van der Waals surface area contributed by atoms with Gasteiger partial charge in [-0.3, -0.25) is 0 Å². The topological polar surface area (TPSA) is 50.8 Å². The number of amides is 1.